The maximum absolute atomic E-state index is 12.9. The molecule has 0 bridgehead atoms. The van der Waals surface area contributed by atoms with Crippen molar-refractivity contribution in [2.75, 3.05) is 38.5 Å². The normalized spacial score (nSPS) is 14.7. The Hall–Kier alpha value is -2.64. The number of likely N-dealkylation sites (N-methyl/N-ethyl adjacent to an activating group) is 1. The minimum atomic E-state index is -0.356. The number of hydrogen-bond donors (Lipinski definition) is 2. The van der Waals surface area contributed by atoms with E-state index in [0.717, 1.165) is 0 Å². The van der Waals surface area contributed by atoms with Crippen LogP contribution in [0.15, 0.2) is 24.3 Å². The third kappa shape index (κ3) is 5.44. The molecule has 2 N–H and O–H groups in total. The minimum absolute atomic E-state index is 0.0336. The lowest BCUT2D eigenvalue weighted by atomic mass is 9.96. The van der Waals surface area contributed by atoms with Crippen molar-refractivity contribution in [2.24, 2.45) is 5.92 Å². The first kappa shape index (κ1) is 19.7. The fraction of sp³-hybridized carbons (Fsp3) is 0.500. The minimum Gasteiger partial charge on any atom is -0.345 e. The molecule has 2 rings (SSSR count). The second-order valence-corrected chi connectivity index (χ2v) is 6.32. The molecule has 1 aromatic carbocycles. The summed E-state index contributed by atoms with van der Waals surface area (Å²) in [7, 11) is 1.68. The van der Waals surface area contributed by atoms with Crippen molar-refractivity contribution >= 4 is 23.5 Å². The Morgan fingerprint density at radius 3 is 2.38 bits per heavy atom. The summed E-state index contributed by atoms with van der Waals surface area (Å²) in [4.78, 5) is 39.3. The summed E-state index contributed by atoms with van der Waals surface area (Å²) in [6.45, 7) is 3.31. The molecular formula is C18H25FN4O3. The van der Waals surface area contributed by atoms with Crippen molar-refractivity contribution in [3.05, 3.63) is 30.1 Å². The van der Waals surface area contributed by atoms with Crippen LogP contribution in [0.4, 0.5) is 14.9 Å². The van der Waals surface area contributed by atoms with Gasteiger partial charge in [-0.1, -0.05) is 0 Å². The van der Waals surface area contributed by atoms with Gasteiger partial charge in [0.1, 0.15) is 5.82 Å². The second kappa shape index (κ2) is 9.17. The van der Waals surface area contributed by atoms with Gasteiger partial charge in [0.15, 0.2) is 0 Å². The highest BCUT2D eigenvalue weighted by molar-refractivity contribution is 5.92. The largest absolute Gasteiger partial charge is 0.345 e. The van der Waals surface area contributed by atoms with Crippen LogP contribution in [0.5, 0.6) is 0 Å². The number of halogens is 1. The highest BCUT2D eigenvalue weighted by Crippen LogP contribution is 2.19. The average molecular weight is 364 g/mol. The molecule has 0 aliphatic carbocycles. The SMILES string of the molecule is CCN(C)C(=O)CNC(=O)N1CCC(C(=O)Nc2ccc(F)cc2)CC1. The molecule has 1 fully saturated rings. The Morgan fingerprint density at radius 1 is 1.19 bits per heavy atom. The van der Waals surface area contributed by atoms with E-state index in [1.54, 1.807) is 11.9 Å². The first-order valence-electron chi connectivity index (χ1n) is 8.74. The molecule has 1 aromatic rings. The number of carbonyl (C=O) groups is 3. The van der Waals surface area contributed by atoms with Gasteiger partial charge in [-0.25, -0.2) is 9.18 Å². The number of nitrogens with one attached hydrogen (secondary N) is 2. The van der Waals surface area contributed by atoms with E-state index in [9.17, 15) is 18.8 Å². The van der Waals surface area contributed by atoms with Crippen LogP contribution >= 0.6 is 0 Å². The summed E-state index contributed by atoms with van der Waals surface area (Å²) in [6.07, 6.45) is 1.09. The number of benzene rings is 1. The van der Waals surface area contributed by atoms with Gasteiger partial charge in [-0.15, -0.1) is 0 Å². The fourth-order valence-electron chi connectivity index (χ4n) is 2.70. The first-order chi connectivity index (χ1) is 12.4. The van der Waals surface area contributed by atoms with Gasteiger partial charge in [0.05, 0.1) is 6.54 Å². The predicted octanol–water partition coefficient (Wildman–Crippen LogP) is 1.66. The van der Waals surface area contributed by atoms with Gasteiger partial charge in [-0.3, -0.25) is 9.59 Å². The average Bonchev–Trinajstić information content (AvgIpc) is 2.67. The second-order valence-electron chi connectivity index (χ2n) is 6.32. The number of urea groups is 1. The molecule has 1 heterocycles. The summed E-state index contributed by atoms with van der Waals surface area (Å²) in [5.41, 5.74) is 0.551. The Balaban J connectivity index is 1.75. The molecule has 1 aliphatic rings. The van der Waals surface area contributed by atoms with E-state index >= 15 is 0 Å². The van der Waals surface area contributed by atoms with Gasteiger partial charge in [-0.05, 0) is 44.0 Å². The zero-order valence-electron chi connectivity index (χ0n) is 15.1. The summed E-state index contributed by atoms with van der Waals surface area (Å²) in [6, 6.07) is 5.32. The summed E-state index contributed by atoms with van der Waals surface area (Å²) >= 11 is 0. The molecule has 8 heteroatoms. The Labute approximate surface area is 152 Å². The number of likely N-dealkylation sites (tertiary alicyclic amines) is 1. The fourth-order valence-corrected chi connectivity index (χ4v) is 2.70. The van der Waals surface area contributed by atoms with Crippen molar-refractivity contribution in [2.45, 2.75) is 19.8 Å². The molecule has 0 spiro atoms. The van der Waals surface area contributed by atoms with Crippen molar-refractivity contribution in [1.29, 1.82) is 0 Å². The third-order valence-electron chi connectivity index (χ3n) is 4.56. The van der Waals surface area contributed by atoms with Crippen molar-refractivity contribution in [1.82, 2.24) is 15.1 Å². The molecule has 7 nitrogen and oxygen atoms in total. The van der Waals surface area contributed by atoms with E-state index in [1.807, 2.05) is 6.92 Å². The van der Waals surface area contributed by atoms with E-state index < -0.39 is 0 Å². The summed E-state index contributed by atoms with van der Waals surface area (Å²) < 4.78 is 12.9. The number of nitrogens with zero attached hydrogens (tertiary/aromatic N) is 2. The van der Waals surface area contributed by atoms with Crippen molar-refractivity contribution in [3.63, 3.8) is 0 Å². The lowest BCUT2D eigenvalue weighted by Crippen LogP contribution is -2.48. The maximum atomic E-state index is 12.9. The molecule has 142 valence electrons. The predicted molar refractivity (Wildman–Crippen MR) is 96.0 cm³/mol. The molecule has 0 atom stereocenters. The first-order valence-corrected chi connectivity index (χ1v) is 8.74. The zero-order valence-corrected chi connectivity index (χ0v) is 15.1. The van der Waals surface area contributed by atoms with Crippen LogP contribution in [0, 0.1) is 11.7 Å². The quantitative estimate of drug-likeness (QED) is 0.834. The standard InChI is InChI=1S/C18H25FN4O3/c1-3-22(2)16(24)12-20-18(26)23-10-8-13(9-11-23)17(25)21-15-6-4-14(19)5-7-15/h4-7,13H,3,8-12H2,1-2H3,(H,20,26)(H,21,25). The van der Waals surface area contributed by atoms with Gasteiger partial charge < -0.3 is 20.4 Å². The monoisotopic (exact) mass is 364 g/mol. The molecule has 0 aromatic heterocycles. The molecule has 1 saturated heterocycles. The van der Waals surface area contributed by atoms with Crippen LogP contribution in [0.1, 0.15) is 19.8 Å². The van der Waals surface area contributed by atoms with Crippen LogP contribution in [-0.4, -0.2) is 60.9 Å². The van der Waals surface area contributed by atoms with Crippen molar-refractivity contribution < 1.29 is 18.8 Å². The molecule has 0 radical (unpaired) electrons. The van der Waals surface area contributed by atoms with E-state index in [1.165, 1.54) is 29.2 Å². The van der Waals surface area contributed by atoms with Gasteiger partial charge in [0, 0.05) is 38.3 Å². The van der Waals surface area contributed by atoms with Gasteiger partial charge >= 0.3 is 6.03 Å². The Bertz CT molecular complexity index is 642. The van der Waals surface area contributed by atoms with Gasteiger partial charge in [0.25, 0.3) is 0 Å². The van der Waals surface area contributed by atoms with E-state index in [2.05, 4.69) is 10.6 Å². The maximum Gasteiger partial charge on any atom is 0.317 e. The van der Waals surface area contributed by atoms with Crippen LogP contribution in [0.2, 0.25) is 0 Å². The lowest BCUT2D eigenvalue weighted by Gasteiger charge is -2.31. The van der Waals surface area contributed by atoms with Crippen LogP contribution in [-0.2, 0) is 9.59 Å². The number of carbonyl (C=O) groups excluding carboxylic acids is 3. The number of amides is 4. The van der Waals surface area contributed by atoms with E-state index in [-0.39, 0.29) is 36.1 Å². The molecule has 26 heavy (non-hydrogen) atoms. The molecule has 0 saturated carbocycles. The topological polar surface area (TPSA) is 81.8 Å². The summed E-state index contributed by atoms with van der Waals surface area (Å²) in [5.74, 6) is -0.825. The molecule has 0 unspecified atom stereocenters. The van der Waals surface area contributed by atoms with Crippen molar-refractivity contribution in [3.8, 4) is 0 Å². The van der Waals surface area contributed by atoms with Crippen LogP contribution < -0.4 is 10.6 Å². The third-order valence-corrected chi connectivity index (χ3v) is 4.56. The van der Waals surface area contributed by atoms with Gasteiger partial charge in [0.2, 0.25) is 11.8 Å². The van der Waals surface area contributed by atoms with Crippen LogP contribution in [0.3, 0.4) is 0 Å². The molecular weight excluding hydrogens is 339 g/mol. The van der Waals surface area contributed by atoms with Crippen LogP contribution in [0.25, 0.3) is 0 Å². The lowest BCUT2D eigenvalue weighted by molar-refractivity contribution is -0.128. The van der Waals surface area contributed by atoms with Gasteiger partial charge in [-0.2, -0.15) is 0 Å². The highest BCUT2D eigenvalue weighted by atomic mass is 19.1. The Kier molecular flexibility index (Phi) is 6.94. The number of rotatable bonds is 5. The summed E-state index contributed by atoms with van der Waals surface area (Å²) in [5, 5.41) is 5.38. The van der Waals surface area contributed by atoms with E-state index in [4.69, 9.17) is 0 Å². The smallest absolute Gasteiger partial charge is 0.317 e. The molecule has 1 aliphatic heterocycles. The zero-order chi connectivity index (χ0) is 19.1. The number of piperidine rings is 1. The highest BCUT2D eigenvalue weighted by Gasteiger charge is 2.27. The number of hydrogen-bond acceptors (Lipinski definition) is 3. The molecule has 4 amide bonds. The Morgan fingerprint density at radius 2 is 1.81 bits per heavy atom. The number of anilines is 1. The van der Waals surface area contributed by atoms with E-state index in [0.29, 0.717) is 38.2 Å².